The fourth-order valence-electron chi connectivity index (χ4n) is 2.46. The van der Waals surface area contributed by atoms with Crippen molar-refractivity contribution in [1.82, 2.24) is 5.32 Å². The third kappa shape index (κ3) is 7.21. The molecule has 0 atom stereocenters. The maximum Gasteiger partial charge on any atom is 0.411 e. The monoisotopic (exact) mass is 267 g/mol. The molecule has 5 heteroatoms. The number of alkyl halides is 3. The molecule has 0 amide bonds. The minimum atomic E-state index is -4.21. The predicted molar refractivity (Wildman–Crippen MR) is 65.6 cm³/mol. The topological polar surface area (TPSA) is 21.3 Å². The Bertz CT molecular complexity index is 225. The Hall–Kier alpha value is -0.290. The summed E-state index contributed by atoms with van der Waals surface area (Å²) in [6.45, 7) is 3.02. The Morgan fingerprint density at radius 2 is 1.83 bits per heavy atom. The zero-order valence-electron chi connectivity index (χ0n) is 11.1. The number of ether oxygens (including phenoxy) is 1. The van der Waals surface area contributed by atoms with Gasteiger partial charge in [0.1, 0.15) is 6.61 Å². The van der Waals surface area contributed by atoms with Crippen molar-refractivity contribution in [3.05, 3.63) is 0 Å². The highest BCUT2D eigenvalue weighted by Crippen LogP contribution is 2.34. The van der Waals surface area contributed by atoms with Crippen LogP contribution in [0.1, 0.15) is 45.4 Å². The summed E-state index contributed by atoms with van der Waals surface area (Å²) >= 11 is 0. The number of halogens is 3. The van der Waals surface area contributed by atoms with Gasteiger partial charge >= 0.3 is 6.18 Å². The van der Waals surface area contributed by atoms with Crippen molar-refractivity contribution in [2.24, 2.45) is 5.41 Å². The van der Waals surface area contributed by atoms with Crippen LogP contribution in [0, 0.1) is 5.41 Å². The third-order valence-corrected chi connectivity index (χ3v) is 3.52. The molecule has 0 aromatic carbocycles. The highest BCUT2D eigenvalue weighted by atomic mass is 19.4. The zero-order valence-corrected chi connectivity index (χ0v) is 11.1. The lowest BCUT2D eigenvalue weighted by Crippen LogP contribution is -2.34. The first-order valence-corrected chi connectivity index (χ1v) is 6.77. The van der Waals surface area contributed by atoms with Crippen LogP contribution in [0.2, 0.25) is 0 Å². The van der Waals surface area contributed by atoms with Gasteiger partial charge < -0.3 is 10.1 Å². The molecule has 1 saturated carbocycles. The Morgan fingerprint density at radius 3 is 2.44 bits per heavy atom. The van der Waals surface area contributed by atoms with Gasteiger partial charge in [-0.3, -0.25) is 0 Å². The minimum absolute atomic E-state index is 0.170. The van der Waals surface area contributed by atoms with E-state index in [1.165, 1.54) is 32.1 Å². The molecule has 2 nitrogen and oxygen atoms in total. The third-order valence-electron chi connectivity index (χ3n) is 3.52. The second-order valence-corrected chi connectivity index (χ2v) is 5.57. The van der Waals surface area contributed by atoms with Gasteiger partial charge in [0.25, 0.3) is 0 Å². The van der Waals surface area contributed by atoms with Gasteiger partial charge in [0.15, 0.2) is 0 Å². The van der Waals surface area contributed by atoms with E-state index in [0.29, 0.717) is 11.8 Å². The largest absolute Gasteiger partial charge is 0.411 e. The van der Waals surface area contributed by atoms with E-state index in [1.54, 1.807) is 0 Å². The van der Waals surface area contributed by atoms with Crippen molar-refractivity contribution in [3.8, 4) is 0 Å². The van der Waals surface area contributed by atoms with Gasteiger partial charge in [0.05, 0.1) is 0 Å². The van der Waals surface area contributed by atoms with Crippen LogP contribution < -0.4 is 5.32 Å². The molecule has 1 aliphatic carbocycles. The van der Waals surface area contributed by atoms with E-state index in [1.807, 2.05) is 0 Å². The van der Waals surface area contributed by atoms with E-state index in [4.69, 9.17) is 0 Å². The van der Waals surface area contributed by atoms with Crippen molar-refractivity contribution in [3.63, 3.8) is 0 Å². The van der Waals surface area contributed by atoms with Crippen LogP contribution in [0.25, 0.3) is 0 Å². The number of nitrogens with one attached hydrogen (secondary N) is 1. The van der Waals surface area contributed by atoms with Crippen molar-refractivity contribution in [2.45, 2.75) is 51.6 Å². The normalized spacial score (nSPS) is 20.0. The highest BCUT2D eigenvalue weighted by molar-refractivity contribution is 4.80. The summed E-state index contributed by atoms with van der Waals surface area (Å²) < 4.78 is 39.9. The summed E-state index contributed by atoms with van der Waals surface area (Å²) in [5.41, 5.74) is 0.380. The van der Waals surface area contributed by atoms with Crippen molar-refractivity contribution >= 4 is 0 Å². The van der Waals surface area contributed by atoms with Gasteiger partial charge in [-0.1, -0.05) is 26.2 Å². The fraction of sp³-hybridized carbons (Fsp3) is 1.00. The Labute approximate surface area is 107 Å². The smallest absolute Gasteiger partial charge is 0.372 e. The first-order valence-electron chi connectivity index (χ1n) is 6.77. The molecule has 0 aliphatic heterocycles. The summed E-state index contributed by atoms with van der Waals surface area (Å²) in [6.07, 6.45) is 2.87. The average molecular weight is 267 g/mol. The minimum Gasteiger partial charge on any atom is -0.372 e. The molecule has 0 unspecified atom stereocenters. The number of rotatable bonds is 7. The van der Waals surface area contributed by atoms with E-state index >= 15 is 0 Å². The summed E-state index contributed by atoms with van der Waals surface area (Å²) in [7, 11) is 0. The van der Waals surface area contributed by atoms with Gasteiger partial charge in [-0.05, 0) is 31.2 Å². The zero-order chi connectivity index (χ0) is 13.5. The van der Waals surface area contributed by atoms with Crippen LogP contribution in [0.4, 0.5) is 13.2 Å². The van der Waals surface area contributed by atoms with Gasteiger partial charge in [-0.25, -0.2) is 0 Å². The van der Waals surface area contributed by atoms with Crippen LogP contribution >= 0.6 is 0 Å². The molecule has 0 saturated heterocycles. The number of hydrogen-bond acceptors (Lipinski definition) is 2. The number of hydrogen-bond donors (Lipinski definition) is 1. The summed E-state index contributed by atoms with van der Waals surface area (Å²) in [6, 6.07) is 0. The molecule has 0 radical (unpaired) electrons. The molecular formula is C13H24F3NO. The van der Waals surface area contributed by atoms with Gasteiger partial charge in [-0.2, -0.15) is 13.2 Å². The summed E-state index contributed by atoms with van der Waals surface area (Å²) in [5.74, 6) is 0. The lowest BCUT2D eigenvalue weighted by Gasteiger charge is -2.33. The van der Waals surface area contributed by atoms with E-state index in [9.17, 15) is 13.2 Å². The maximum atomic E-state index is 11.8. The molecule has 0 heterocycles. The SMILES string of the molecule is CC1(CNCCCOCC(F)(F)F)CCCCC1. The molecule has 18 heavy (non-hydrogen) atoms. The summed E-state index contributed by atoms with van der Waals surface area (Å²) in [4.78, 5) is 0. The lowest BCUT2D eigenvalue weighted by molar-refractivity contribution is -0.173. The molecule has 0 aromatic rings. The standard InChI is InChI=1S/C13H24F3NO/c1-12(6-3-2-4-7-12)10-17-8-5-9-18-11-13(14,15)16/h17H,2-11H2,1H3. The molecule has 0 spiro atoms. The second kappa shape index (κ2) is 7.34. The van der Waals surface area contributed by atoms with Crippen molar-refractivity contribution in [1.29, 1.82) is 0 Å². The van der Waals surface area contributed by atoms with Gasteiger partial charge in [0.2, 0.25) is 0 Å². The first-order chi connectivity index (χ1) is 8.41. The Balaban J connectivity index is 1.95. The van der Waals surface area contributed by atoms with Crippen LogP contribution in [-0.2, 0) is 4.74 Å². The van der Waals surface area contributed by atoms with Crippen LogP contribution in [0.3, 0.4) is 0 Å². The Morgan fingerprint density at radius 1 is 1.17 bits per heavy atom. The quantitative estimate of drug-likeness (QED) is 0.713. The molecule has 1 N–H and O–H groups in total. The van der Waals surface area contributed by atoms with Gasteiger partial charge in [0, 0.05) is 13.2 Å². The molecule has 1 aliphatic rings. The lowest BCUT2D eigenvalue weighted by atomic mass is 9.76. The maximum absolute atomic E-state index is 11.8. The van der Waals surface area contributed by atoms with E-state index < -0.39 is 12.8 Å². The molecule has 108 valence electrons. The molecule has 0 aromatic heterocycles. The van der Waals surface area contributed by atoms with Crippen LogP contribution in [-0.4, -0.2) is 32.5 Å². The molecule has 1 fully saturated rings. The van der Waals surface area contributed by atoms with E-state index in [2.05, 4.69) is 17.0 Å². The highest BCUT2D eigenvalue weighted by Gasteiger charge is 2.27. The first kappa shape index (κ1) is 15.8. The van der Waals surface area contributed by atoms with E-state index in [-0.39, 0.29) is 6.61 Å². The average Bonchev–Trinajstić information content (AvgIpc) is 2.27. The summed E-state index contributed by atoms with van der Waals surface area (Å²) in [5, 5.41) is 3.33. The van der Waals surface area contributed by atoms with Crippen molar-refractivity contribution < 1.29 is 17.9 Å². The van der Waals surface area contributed by atoms with E-state index in [0.717, 1.165) is 13.1 Å². The van der Waals surface area contributed by atoms with Gasteiger partial charge in [-0.15, -0.1) is 0 Å². The predicted octanol–water partition coefficient (Wildman–Crippen LogP) is 3.52. The van der Waals surface area contributed by atoms with Crippen LogP contribution in [0.15, 0.2) is 0 Å². The Kier molecular flexibility index (Phi) is 6.43. The molecule has 0 bridgehead atoms. The fourth-order valence-corrected chi connectivity index (χ4v) is 2.46. The van der Waals surface area contributed by atoms with Crippen LogP contribution in [0.5, 0.6) is 0 Å². The molecular weight excluding hydrogens is 243 g/mol. The second-order valence-electron chi connectivity index (χ2n) is 5.57. The van der Waals surface area contributed by atoms with Crippen molar-refractivity contribution in [2.75, 3.05) is 26.3 Å². The molecule has 1 rings (SSSR count).